The van der Waals surface area contributed by atoms with E-state index >= 15 is 0 Å². The lowest BCUT2D eigenvalue weighted by Gasteiger charge is -2.40. The molecule has 3 unspecified atom stereocenters. The van der Waals surface area contributed by atoms with E-state index in [0.717, 1.165) is 18.2 Å². The largest absolute Gasteiger partial charge is 0.326 e. The Balaban J connectivity index is 2.20. The molecule has 0 saturated carbocycles. The van der Waals surface area contributed by atoms with Gasteiger partial charge in [-0.25, -0.2) is 0 Å². The summed E-state index contributed by atoms with van der Waals surface area (Å²) in [5.74, 6) is 1.23. The summed E-state index contributed by atoms with van der Waals surface area (Å²) in [6.07, 6.45) is 2.28. The van der Waals surface area contributed by atoms with E-state index in [-0.39, 0.29) is 6.04 Å². The average Bonchev–Trinajstić information content (AvgIpc) is 2.49. The Bertz CT molecular complexity index is 404. The van der Waals surface area contributed by atoms with Crippen LogP contribution in [0.4, 0.5) is 0 Å². The molecule has 0 radical (unpaired) electrons. The Hall–Kier alpha value is -0.510. The zero-order chi connectivity index (χ0) is 14.5. The maximum Gasteiger partial charge on any atom is 0.0499 e. The molecule has 1 aromatic rings. The van der Waals surface area contributed by atoms with Crippen LogP contribution in [0.15, 0.2) is 24.3 Å². The number of rotatable bonds is 5. The van der Waals surface area contributed by atoms with Crippen LogP contribution in [0.3, 0.4) is 0 Å². The lowest BCUT2D eigenvalue weighted by molar-refractivity contribution is 0.174. The van der Waals surface area contributed by atoms with E-state index < -0.39 is 0 Å². The van der Waals surface area contributed by atoms with Gasteiger partial charge in [-0.2, -0.15) is 11.8 Å². The molecule has 2 rings (SSSR count). The zero-order valence-electron chi connectivity index (χ0n) is 13.0. The molecular weight excluding hydrogens is 264 g/mol. The maximum atomic E-state index is 6.46. The molecule has 1 aliphatic rings. The highest BCUT2D eigenvalue weighted by Crippen LogP contribution is 2.31. The van der Waals surface area contributed by atoms with Crippen molar-refractivity contribution in [3.63, 3.8) is 0 Å². The van der Waals surface area contributed by atoms with Crippen LogP contribution in [-0.4, -0.2) is 35.0 Å². The summed E-state index contributed by atoms with van der Waals surface area (Å²) in [7, 11) is 0. The van der Waals surface area contributed by atoms with Gasteiger partial charge in [0.2, 0.25) is 0 Å². The van der Waals surface area contributed by atoms with Crippen molar-refractivity contribution in [3.05, 3.63) is 35.4 Å². The molecule has 2 nitrogen and oxygen atoms in total. The van der Waals surface area contributed by atoms with Crippen molar-refractivity contribution >= 4 is 11.8 Å². The highest BCUT2D eigenvalue weighted by Gasteiger charge is 2.29. The molecule has 112 valence electrons. The van der Waals surface area contributed by atoms with Gasteiger partial charge in [-0.05, 0) is 25.3 Å². The van der Waals surface area contributed by atoms with Gasteiger partial charge < -0.3 is 5.73 Å². The summed E-state index contributed by atoms with van der Waals surface area (Å²) in [6.45, 7) is 8.97. The highest BCUT2D eigenvalue weighted by atomic mass is 32.2. The molecule has 0 aromatic heterocycles. The first kappa shape index (κ1) is 15.9. The normalized spacial score (nSPS) is 23.5. The summed E-state index contributed by atoms with van der Waals surface area (Å²) in [4.78, 5) is 2.61. The minimum atomic E-state index is 0.221. The maximum absolute atomic E-state index is 6.46. The molecule has 0 spiro atoms. The summed E-state index contributed by atoms with van der Waals surface area (Å²) in [5, 5.41) is 0.765. The number of nitrogens with two attached hydrogens (primary N) is 1. The Labute approximate surface area is 128 Å². The van der Waals surface area contributed by atoms with Crippen molar-refractivity contribution in [2.24, 2.45) is 5.73 Å². The van der Waals surface area contributed by atoms with Gasteiger partial charge in [-0.1, -0.05) is 43.7 Å². The first-order valence-electron chi connectivity index (χ1n) is 7.83. The van der Waals surface area contributed by atoms with Crippen molar-refractivity contribution in [2.75, 3.05) is 18.8 Å². The number of hydrogen-bond donors (Lipinski definition) is 1. The molecule has 3 heteroatoms. The Morgan fingerprint density at radius 2 is 2.00 bits per heavy atom. The van der Waals surface area contributed by atoms with E-state index in [9.17, 15) is 0 Å². The van der Waals surface area contributed by atoms with Crippen LogP contribution in [0.2, 0.25) is 0 Å². The molecule has 20 heavy (non-hydrogen) atoms. The topological polar surface area (TPSA) is 29.3 Å². The molecule has 0 aliphatic carbocycles. The van der Waals surface area contributed by atoms with E-state index in [1.807, 2.05) is 0 Å². The predicted octanol–water partition coefficient (Wildman–Crippen LogP) is 3.60. The van der Waals surface area contributed by atoms with Crippen LogP contribution in [0.5, 0.6) is 0 Å². The van der Waals surface area contributed by atoms with Gasteiger partial charge in [-0.3, -0.25) is 4.90 Å². The third-order valence-electron chi connectivity index (χ3n) is 4.31. The third kappa shape index (κ3) is 3.78. The Morgan fingerprint density at radius 1 is 1.30 bits per heavy atom. The number of hydrogen-bond acceptors (Lipinski definition) is 3. The number of aryl methyl sites for hydroxylation is 1. The fraction of sp³-hybridized carbons (Fsp3) is 0.647. The predicted molar refractivity (Wildman–Crippen MR) is 90.3 cm³/mol. The fourth-order valence-corrected chi connectivity index (χ4v) is 4.16. The summed E-state index contributed by atoms with van der Waals surface area (Å²) >= 11 is 2.12. The van der Waals surface area contributed by atoms with Gasteiger partial charge in [0.1, 0.15) is 0 Å². The standard InChI is InChI=1S/C17H28N2S/c1-4-15-12-19(10-11-20-15)17(16(18)5-2)14-8-6-13(3)7-9-14/h6-9,15-17H,4-5,10-12,18H2,1-3H3. The molecule has 1 aromatic carbocycles. The van der Waals surface area contributed by atoms with Gasteiger partial charge in [0, 0.05) is 36.2 Å². The van der Waals surface area contributed by atoms with Crippen molar-refractivity contribution in [1.29, 1.82) is 0 Å². The Morgan fingerprint density at radius 3 is 2.60 bits per heavy atom. The van der Waals surface area contributed by atoms with Crippen LogP contribution in [-0.2, 0) is 0 Å². The van der Waals surface area contributed by atoms with Crippen molar-refractivity contribution < 1.29 is 0 Å². The van der Waals surface area contributed by atoms with Crippen molar-refractivity contribution in [1.82, 2.24) is 4.90 Å². The molecule has 0 bridgehead atoms. The van der Waals surface area contributed by atoms with E-state index in [1.54, 1.807) is 0 Å². The van der Waals surface area contributed by atoms with Gasteiger partial charge in [0.15, 0.2) is 0 Å². The Kier molecular flexibility index (Phi) is 5.94. The average molecular weight is 292 g/mol. The minimum Gasteiger partial charge on any atom is -0.326 e. The van der Waals surface area contributed by atoms with E-state index in [0.29, 0.717) is 6.04 Å². The van der Waals surface area contributed by atoms with Gasteiger partial charge >= 0.3 is 0 Å². The van der Waals surface area contributed by atoms with Crippen LogP contribution >= 0.6 is 11.8 Å². The van der Waals surface area contributed by atoms with Gasteiger partial charge in [-0.15, -0.1) is 0 Å². The van der Waals surface area contributed by atoms with Crippen LogP contribution in [0.25, 0.3) is 0 Å². The molecule has 1 saturated heterocycles. The molecule has 1 aliphatic heterocycles. The lowest BCUT2D eigenvalue weighted by atomic mass is 9.95. The zero-order valence-corrected chi connectivity index (χ0v) is 13.8. The highest BCUT2D eigenvalue weighted by molar-refractivity contribution is 8.00. The van der Waals surface area contributed by atoms with E-state index in [2.05, 4.69) is 61.7 Å². The molecule has 1 fully saturated rings. The van der Waals surface area contributed by atoms with Gasteiger partial charge in [0.05, 0.1) is 0 Å². The number of benzene rings is 1. The quantitative estimate of drug-likeness (QED) is 0.899. The summed E-state index contributed by atoms with van der Waals surface area (Å²) in [5.41, 5.74) is 9.16. The van der Waals surface area contributed by atoms with E-state index in [1.165, 1.54) is 29.8 Å². The number of thioether (sulfide) groups is 1. The summed E-state index contributed by atoms with van der Waals surface area (Å²) < 4.78 is 0. The molecule has 3 atom stereocenters. The first-order chi connectivity index (χ1) is 9.65. The molecule has 2 N–H and O–H groups in total. The van der Waals surface area contributed by atoms with Crippen LogP contribution in [0.1, 0.15) is 43.9 Å². The number of nitrogens with zero attached hydrogens (tertiary/aromatic N) is 1. The van der Waals surface area contributed by atoms with E-state index in [4.69, 9.17) is 5.73 Å². The first-order valence-corrected chi connectivity index (χ1v) is 8.88. The van der Waals surface area contributed by atoms with Gasteiger partial charge in [0.25, 0.3) is 0 Å². The second-order valence-electron chi connectivity index (χ2n) is 5.82. The van der Waals surface area contributed by atoms with Crippen LogP contribution in [0, 0.1) is 6.92 Å². The van der Waals surface area contributed by atoms with Crippen LogP contribution < -0.4 is 5.73 Å². The lowest BCUT2D eigenvalue weighted by Crippen LogP contribution is -2.46. The monoisotopic (exact) mass is 292 g/mol. The second-order valence-corrected chi connectivity index (χ2v) is 7.23. The molecular formula is C17H28N2S. The third-order valence-corrected chi connectivity index (χ3v) is 5.69. The minimum absolute atomic E-state index is 0.221. The van der Waals surface area contributed by atoms with Crippen molar-refractivity contribution in [3.8, 4) is 0 Å². The molecule has 0 amide bonds. The fourth-order valence-electron chi connectivity index (χ4n) is 2.96. The SMILES string of the molecule is CCC1CN(C(c2ccc(C)cc2)C(N)CC)CCS1. The molecule has 1 heterocycles. The summed E-state index contributed by atoms with van der Waals surface area (Å²) in [6, 6.07) is 9.53. The smallest absolute Gasteiger partial charge is 0.0499 e. The van der Waals surface area contributed by atoms with Crippen molar-refractivity contribution in [2.45, 2.75) is 50.9 Å². The second kappa shape index (κ2) is 7.48.